The lowest BCUT2D eigenvalue weighted by Crippen LogP contribution is -2.28. The van der Waals surface area contributed by atoms with Crippen LogP contribution in [-0.4, -0.2) is 18.2 Å². The molecular weight excluding hydrogens is 226 g/mol. The average molecular weight is 253 g/mol. The largest absolute Gasteiger partial charge is 0.439 e. The van der Waals surface area contributed by atoms with Crippen molar-refractivity contribution in [2.75, 3.05) is 0 Å². The number of hydrogen-bond acceptors (Lipinski definition) is 2. The number of ether oxygens (including phenoxy) is 1. The number of carbonyl (C=O) groups is 1. The van der Waals surface area contributed by atoms with E-state index in [0.717, 1.165) is 5.57 Å². The molecule has 3 heteroatoms. The van der Waals surface area contributed by atoms with E-state index < -0.39 is 0 Å². The monoisotopic (exact) mass is 253 g/mol. The zero-order chi connectivity index (χ0) is 14.6. The minimum Gasteiger partial charge on any atom is -0.439 e. The second-order valence-corrected chi connectivity index (χ2v) is 3.16. The number of nitrogens with one attached hydrogen (secondary N) is 1. The minimum absolute atomic E-state index is 0.00277. The second kappa shape index (κ2) is 12.0. The van der Waals surface area contributed by atoms with Gasteiger partial charge in [0.25, 0.3) is 0 Å². The Bertz CT molecular complexity index is 293. The van der Waals surface area contributed by atoms with Crippen LogP contribution >= 0.6 is 0 Å². The van der Waals surface area contributed by atoms with Crippen molar-refractivity contribution < 1.29 is 9.53 Å². The predicted octanol–water partition coefficient (Wildman–Crippen LogP) is 4.22. The molecule has 1 saturated heterocycles. The molecule has 2 unspecified atom stereocenters. The molecule has 1 aliphatic rings. The highest BCUT2D eigenvalue weighted by Gasteiger charge is 2.31. The molecule has 1 aliphatic heterocycles. The molecule has 0 aromatic carbocycles. The van der Waals surface area contributed by atoms with Gasteiger partial charge in [0, 0.05) is 0 Å². The van der Waals surface area contributed by atoms with Gasteiger partial charge in [-0.2, -0.15) is 0 Å². The summed E-state index contributed by atoms with van der Waals surface area (Å²) in [5, 5.41) is 2.68. The van der Waals surface area contributed by atoms with Crippen molar-refractivity contribution in [3.05, 3.63) is 36.5 Å². The Labute approximate surface area is 112 Å². The summed E-state index contributed by atoms with van der Waals surface area (Å²) < 4.78 is 5.10. The Hall–Kier alpha value is -1.51. The van der Waals surface area contributed by atoms with Gasteiger partial charge in [0.1, 0.15) is 6.10 Å². The quantitative estimate of drug-likeness (QED) is 0.765. The van der Waals surface area contributed by atoms with Gasteiger partial charge in [-0.3, -0.25) is 0 Å². The van der Waals surface area contributed by atoms with Crippen LogP contribution in [-0.2, 0) is 4.74 Å². The zero-order valence-corrected chi connectivity index (χ0v) is 12.5. The van der Waals surface area contributed by atoms with Crippen LogP contribution < -0.4 is 5.32 Å². The first kappa shape index (κ1) is 18.8. The van der Waals surface area contributed by atoms with Crippen LogP contribution in [0.25, 0.3) is 0 Å². The molecule has 1 amide bonds. The lowest BCUT2D eigenvalue weighted by molar-refractivity contribution is 0.151. The van der Waals surface area contributed by atoms with Gasteiger partial charge >= 0.3 is 6.09 Å². The third-order valence-electron chi connectivity index (χ3n) is 2.08. The molecule has 2 atom stereocenters. The number of cyclic esters (lactones) is 1. The Morgan fingerprint density at radius 2 is 1.89 bits per heavy atom. The Morgan fingerprint density at radius 1 is 1.33 bits per heavy atom. The number of alkyl carbamates (subject to hydrolysis) is 1. The van der Waals surface area contributed by atoms with Crippen molar-refractivity contribution in [2.45, 2.75) is 53.7 Å². The van der Waals surface area contributed by atoms with Gasteiger partial charge < -0.3 is 10.1 Å². The van der Waals surface area contributed by atoms with E-state index in [1.54, 1.807) is 6.08 Å². The second-order valence-electron chi connectivity index (χ2n) is 3.16. The SMILES string of the molecule is C=C/C(=C\C=C/C)C1OC(=O)NC1C.CC.CC. The molecule has 0 saturated carbocycles. The van der Waals surface area contributed by atoms with E-state index in [2.05, 4.69) is 11.9 Å². The lowest BCUT2D eigenvalue weighted by Gasteiger charge is -2.13. The van der Waals surface area contributed by atoms with Gasteiger partial charge in [-0.25, -0.2) is 4.79 Å². The molecule has 104 valence electrons. The van der Waals surface area contributed by atoms with Gasteiger partial charge in [0.05, 0.1) is 6.04 Å². The molecule has 1 N–H and O–H groups in total. The zero-order valence-electron chi connectivity index (χ0n) is 12.5. The fourth-order valence-electron chi connectivity index (χ4n) is 1.36. The molecule has 0 radical (unpaired) electrons. The summed E-state index contributed by atoms with van der Waals surface area (Å²) in [6.07, 6.45) is 6.83. The van der Waals surface area contributed by atoms with E-state index in [9.17, 15) is 4.79 Å². The molecular formula is C15H27NO2. The summed E-state index contributed by atoms with van der Waals surface area (Å²) >= 11 is 0. The molecule has 0 bridgehead atoms. The number of allylic oxidation sites excluding steroid dienone is 3. The van der Waals surface area contributed by atoms with Crippen molar-refractivity contribution >= 4 is 6.09 Å². The topological polar surface area (TPSA) is 38.3 Å². The van der Waals surface area contributed by atoms with E-state index >= 15 is 0 Å². The van der Waals surface area contributed by atoms with Crippen LogP contribution in [0.2, 0.25) is 0 Å². The summed E-state index contributed by atoms with van der Waals surface area (Å²) in [7, 11) is 0. The van der Waals surface area contributed by atoms with Gasteiger partial charge in [0.2, 0.25) is 0 Å². The first-order valence-corrected chi connectivity index (χ1v) is 6.61. The van der Waals surface area contributed by atoms with Gasteiger partial charge in [-0.1, -0.05) is 58.6 Å². The van der Waals surface area contributed by atoms with E-state index in [0.29, 0.717) is 0 Å². The minimum atomic E-state index is -0.365. The van der Waals surface area contributed by atoms with Crippen molar-refractivity contribution in [3.63, 3.8) is 0 Å². The van der Waals surface area contributed by atoms with Crippen LogP contribution in [0, 0.1) is 0 Å². The third kappa shape index (κ3) is 6.28. The molecule has 18 heavy (non-hydrogen) atoms. The molecule has 3 nitrogen and oxygen atoms in total. The van der Waals surface area contributed by atoms with Crippen LogP contribution in [0.15, 0.2) is 36.5 Å². The maximum absolute atomic E-state index is 10.9. The number of hydrogen-bond donors (Lipinski definition) is 1. The van der Waals surface area contributed by atoms with E-state index in [1.807, 2.05) is 59.8 Å². The first-order valence-electron chi connectivity index (χ1n) is 6.61. The average Bonchev–Trinajstić information content (AvgIpc) is 2.74. The molecule has 0 aromatic rings. The van der Waals surface area contributed by atoms with E-state index in [4.69, 9.17) is 4.74 Å². The maximum Gasteiger partial charge on any atom is 0.408 e. The summed E-state index contributed by atoms with van der Waals surface area (Å²) in [6, 6.07) is -0.00277. The predicted molar refractivity (Wildman–Crippen MR) is 78.7 cm³/mol. The number of carbonyl (C=O) groups excluding carboxylic acids is 1. The highest BCUT2D eigenvalue weighted by molar-refractivity contribution is 5.71. The Balaban J connectivity index is 0. The highest BCUT2D eigenvalue weighted by atomic mass is 16.6. The first-order chi connectivity index (χ1) is 8.69. The molecule has 1 heterocycles. The molecule has 1 rings (SSSR count). The van der Waals surface area contributed by atoms with Crippen LogP contribution in [0.1, 0.15) is 41.5 Å². The molecule has 0 spiro atoms. The van der Waals surface area contributed by atoms with Crippen LogP contribution in [0.4, 0.5) is 4.79 Å². The van der Waals surface area contributed by atoms with Crippen molar-refractivity contribution in [1.82, 2.24) is 5.32 Å². The van der Waals surface area contributed by atoms with E-state index in [-0.39, 0.29) is 18.2 Å². The highest BCUT2D eigenvalue weighted by Crippen LogP contribution is 2.17. The fraction of sp³-hybridized carbons (Fsp3) is 0.533. The molecule has 0 aromatic heterocycles. The molecule has 1 fully saturated rings. The summed E-state index contributed by atoms with van der Waals surface area (Å²) in [5.41, 5.74) is 0.911. The normalized spacial score (nSPS) is 22.1. The van der Waals surface area contributed by atoms with E-state index in [1.165, 1.54) is 0 Å². The lowest BCUT2D eigenvalue weighted by atomic mass is 10.0. The Kier molecular flexibility index (Phi) is 12.5. The number of rotatable bonds is 3. The smallest absolute Gasteiger partial charge is 0.408 e. The molecule has 0 aliphatic carbocycles. The summed E-state index contributed by atoms with van der Waals surface area (Å²) in [6.45, 7) is 15.5. The van der Waals surface area contributed by atoms with Crippen LogP contribution in [0.5, 0.6) is 0 Å². The third-order valence-corrected chi connectivity index (χ3v) is 2.08. The van der Waals surface area contributed by atoms with Crippen molar-refractivity contribution in [1.29, 1.82) is 0 Å². The standard InChI is InChI=1S/C11H15NO2.2C2H6/c1-4-6-7-9(5-2)10-8(3)12-11(13)14-10;2*1-2/h4-8,10H,2H2,1,3H3,(H,12,13);2*1-2H3/b6-4-,9-7+;;. The van der Waals surface area contributed by atoms with Gasteiger partial charge in [-0.05, 0) is 19.4 Å². The van der Waals surface area contributed by atoms with Crippen molar-refractivity contribution in [2.24, 2.45) is 0 Å². The summed E-state index contributed by atoms with van der Waals surface area (Å²) in [5.74, 6) is 0. The maximum atomic E-state index is 10.9. The number of amides is 1. The van der Waals surface area contributed by atoms with Crippen molar-refractivity contribution in [3.8, 4) is 0 Å². The fourth-order valence-corrected chi connectivity index (χ4v) is 1.36. The van der Waals surface area contributed by atoms with Gasteiger partial charge in [0.15, 0.2) is 0 Å². The Morgan fingerprint density at radius 3 is 2.22 bits per heavy atom. The van der Waals surface area contributed by atoms with Crippen LogP contribution in [0.3, 0.4) is 0 Å². The summed E-state index contributed by atoms with van der Waals surface area (Å²) in [4.78, 5) is 10.9. The van der Waals surface area contributed by atoms with Gasteiger partial charge in [-0.15, -0.1) is 0 Å².